The van der Waals surface area contributed by atoms with E-state index in [-0.39, 0.29) is 5.91 Å². The maximum atomic E-state index is 12.1. The first kappa shape index (κ1) is 16.7. The number of nitriles is 1. The number of hydrogen-bond acceptors (Lipinski definition) is 3. The molecule has 0 aliphatic rings. The van der Waals surface area contributed by atoms with E-state index in [1.165, 1.54) is 16.7 Å². The van der Waals surface area contributed by atoms with E-state index >= 15 is 0 Å². The van der Waals surface area contributed by atoms with Gasteiger partial charge in [0.2, 0.25) is 5.91 Å². The van der Waals surface area contributed by atoms with E-state index in [1.54, 1.807) is 24.3 Å². The summed E-state index contributed by atoms with van der Waals surface area (Å²) in [5.41, 5.74) is 4.99. The number of likely N-dealkylation sites (N-methyl/N-ethyl adjacent to an activating group) is 1. The first-order valence-corrected chi connectivity index (χ1v) is 7.52. The van der Waals surface area contributed by atoms with Gasteiger partial charge in [0.1, 0.15) is 0 Å². The Balaban J connectivity index is 1.90. The third-order valence-corrected chi connectivity index (χ3v) is 3.65. The zero-order valence-electron chi connectivity index (χ0n) is 13.8. The van der Waals surface area contributed by atoms with Gasteiger partial charge in [0.05, 0.1) is 18.2 Å². The van der Waals surface area contributed by atoms with Gasteiger partial charge in [-0.2, -0.15) is 5.26 Å². The van der Waals surface area contributed by atoms with Gasteiger partial charge in [0.25, 0.3) is 0 Å². The summed E-state index contributed by atoms with van der Waals surface area (Å²) in [5.74, 6) is -0.0676. The molecule has 0 bridgehead atoms. The van der Waals surface area contributed by atoms with Crippen LogP contribution in [0.5, 0.6) is 0 Å². The molecule has 4 heteroatoms. The molecule has 0 atom stereocenters. The molecule has 0 fully saturated rings. The van der Waals surface area contributed by atoms with Gasteiger partial charge < -0.3 is 5.32 Å². The van der Waals surface area contributed by atoms with E-state index in [2.05, 4.69) is 43.4 Å². The average Bonchev–Trinajstić information content (AvgIpc) is 2.50. The molecule has 23 heavy (non-hydrogen) atoms. The van der Waals surface area contributed by atoms with E-state index in [9.17, 15) is 4.79 Å². The predicted molar refractivity (Wildman–Crippen MR) is 92.0 cm³/mol. The summed E-state index contributed by atoms with van der Waals surface area (Å²) in [4.78, 5) is 14.1. The summed E-state index contributed by atoms with van der Waals surface area (Å²) in [6.45, 7) is 5.21. The Morgan fingerprint density at radius 1 is 1.17 bits per heavy atom. The third-order valence-electron chi connectivity index (χ3n) is 3.65. The lowest BCUT2D eigenvalue weighted by atomic mass is 10.1. The molecule has 0 aliphatic carbocycles. The highest BCUT2D eigenvalue weighted by Crippen LogP contribution is 2.13. The Kier molecular flexibility index (Phi) is 5.51. The average molecular weight is 307 g/mol. The minimum atomic E-state index is -0.0676. The molecule has 2 aromatic carbocycles. The molecule has 0 unspecified atom stereocenters. The van der Waals surface area contributed by atoms with Gasteiger partial charge in [-0.25, -0.2) is 0 Å². The minimum Gasteiger partial charge on any atom is -0.325 e. The van der Waals surface area contributed by atoms with Crippen LogP contribution in [0.4, 0.5) is 5.69 Å². The highest BCUT2D eigenvalue weighted by Gasteiger charge is 2.09. The molecular weight excluding hydrogens is 286 g/mol. The number of benzene rings is 2. The SMILES string of the molecule is Cc1ccc(CN(C)CC(=O)Nc2ccc(C#N)cc2)c(C)c1. The van der Waals surface area contributed by atoms with E-state index in [4.69, 9.17) is 5.26 Å². The molecule has 0 spiro atoms. The second kappa shape index (κ2) is 7.57. The molecule has 118 valence electrons. The Morgan fingerprint density at radius 3 is 2.48 bits per heavy atom. The van der Waals surface area contributed by atoms with Crippen LogP contribution in [0.1, 0.15) is 22.3 Å². The van der Waals surface area contributed by atoms with E-state index in [0.717, 1.165) is 6.54 Å². The molecule has 2 aromatic rings. The molecule has 1 N–H and O–H groups in total. The van der Waals surface area contributed by atoms with Crippen molar-refractivity contribution in [3.8, 4) is 6.07 Å². The van der Waals surface area contributed by atoms with Crippen molar-refractivity contribution in [2.24, 2.45) is 0 Å². The van der Waals surface area contributed by atoms with Gasteiger partial charge >= 0.3 is 0 Å². The summed E-state index contributed by atoms with van der Waals surface area (Å²) in [7, 11) is 1.93. The van der Waals surface area contributed by atoms with Crippen molar-refractivity contribution in [2.45, 2.75) is 20.4 Å². The fourth-order valence-corrected chi connectivity index (χ4v) is 2.44. The fraction of sp³-hybridized carbons (Fsp3) is 0.263. The number of carbonyl (C=O) groups is 1. The highest BCUT2D eigenvalue weighted by molar-refractivity contribution is 5.92. The molecule has 1 amide bonds. The monoisotopic (exact) mass is 307 g/mol. The van der Waals surface area contributed by atoms with Crippen LogP contribution in [-0.2, 0) is 11.3 Å². The molecule has 0 aromatic heterocycles. The van der Waals surface area contributed by atoms with Crippen molar-refractivity contribution in [1.82, 2.24) is 4.90 Å². The topological polar surface area (TPSA) is 56.1 Å². The minimum absolute atomic E-state index is 0.0676. The second-order valence-corrected chi connectivity index (χ2v) is 5.84. The molecule has 0 saturated heterocycles. The fourth-order valence-electron chi connectivity index (χ4n) is 2.44. The summed E-state index contributed by atoms with van der Waals surface area (Å²) in [6, 6.07) is 15.3. The van der Waals surface area contributed by atoms with Gasteiger partial charge in [0, 0.05) is 12.2 Å². The lowest BCUT2D eigenvalue weighted by molar-refractivity contribution is -0.117. The maximum absolute atomic E-state index is 12.1. The number of nitrogens with one attached hydrogen (secondary N) is 1. The normalized spacial score (nSPS) is 10.4. The van der Waals surface area contributed by atoms with Gasteiger partial charge in [-0.05, 0) is 56.3 Å². The van der Waals surface area contributed by atoms with Gasteiger partial charge in [-0.15, -0.1) is 0 Å². The number of carbonyl (C=O) groups excluding carboxylic acids is 1. The number of hydrogen-bond donors (Lipinski definition) is 1. The van der Waals surface area contributed by atoms with Crippen LogP contribution >= 0.6 is 0 Å². The van der Waals surface area contributed by atoms with Crippen LogP contribution in [0, 0.1) is 25.2 Å². The molecule has 0 radical (unpaired) electrons. The Hall–Kier alpha value is -2.64. The van der Waals surface area contributed by atoms with Crippen LogP contribution in [0.15, 0.2) is 42.5 Å². The largest absolute Gasteiger partial charge is 0.325 e. The van der Waals surface area contributed by atoms with Crippen molar-refractivity contribution in [1.29, 1.82) is 5.26 Å². The highest BCUT2D eigenvalue weighted by atomic mass is 16.2. The standard InChI is InChI=1S/C19H21N3O/c1-14-4-7-17(15(2)10-14)12-22(3)13-19(23)21-18-8-5-16(11-20)6-9-18/h4-10H,12-13H2,1-3H3,(H,21,23). The van der Waals surface area contributed by atoms with Crippen molar-refractivity contribution in [2.75, 3.05) is 18.9 Å². The third kappa shape index (κ3) is 4.94. The number of amides is 1. The Morgan fingerprint density at radius 2 is 1.87 bits per heavy atom. The smallest absolute Gasteiger partial charge is 0.238 e. The van der Waals surface area contributed by atoms with Crippen molar-refractivity contribution in [3.05, 3.63) is 64.7 Å². The van der Waals surface area contributed by atoms with Gasteiger partial charge in [-0.3, -0.25) is 9.69 Å². The molecule has 0 saturated carbocycles. The summed E-state index contributed by atoms with van der Waals surface area (Å²) < 4.78 is 0. The molecule has 0 aliphatic heterocycles. The number of rotatable bonds is 5. The Labute approximate surface area is 137 Å². The van der Waals surface area contributed by atoms with Crippen LogP contribution in [0.25, 0.3) is 0 Å². The van der Waals surface area contributed by atoms with Gasteiger partial charge in [-0.1, -0.05) is 23.8 Å². The van der Waals surface area contributed by atoms with E-state index < -0.39 is 0 Å². The van der Waals surface area contributed by atoms with Crippen molar-refractivity contribution < 1.29 is 4.79 Å². The van der Waals surface area contributed by atoms with Crippen LogP contribution in [0.2, 0.25) is 0 Å². The maximum Gasteiger partial charge on any atom is 0.238 e. The molecule has 4 nitrogen and oxygen atoms in total. The first-order chi connectivity index (χ1) is 11.0. The molecule has 2 rings (SSSR count). The molecular formula is C19H21N3O. The summed E-state index contributed by atoms with van der Waals surface area (Å²) in [5, 5.41) is 11.6. The number of nitrogens with zero attached hydrogens (tertiary/aromatic N) is 2. The first-order valence-electron chi connectivity index (χ1n) is 7.52. The Bertz CT molecular complexity index is 729. The van der Waals surface area contributed by atoms with Gasteiger partial charge in [0.15, 0.2) is 0 Å². The van der Waals surface area contributed by atoms with Crippen LogP contribution in [0.3, 0.4) is 0 Å². The van der Waals surface area contributed by atoms with Crippen molar-refractivity contribution >= 4 is 11.6 Å². The second-order valence-electron chi connectivity index (χ2n) is 5.84. The quantitative estimate of drug-likeness (QED) is 0.922. The molecule has 0 heterocycles. The number of aryl methyl sites for hydroxylation is 2. The van der Waals surface area contributed by atoms with Crippen LogP contribution in [-0.4, -0.2) is 24.4 Å². The number of anilines is 1. The zero-order chi connectivity index (χ0) is 16.8. The lowest BCUT2D eigenvalue weighted by Gasteiger charge is -2.18. The summed E-state index contributed by atoms with van der Waals surface area (Å²) >= 11 is 0. The zero-order valence-corrected chi connectivity index (χ0v) is 13.8. The lowest BCUT2D eigenvalue weighted by Crippen LogP contribution is -2.30. The van der Waals surface area contributed by atoms with Crippen LogP contribution < -0.4 is 5.32 Å². The van der Waals surface area contributed by atoms with Crippen molar-refractivity contribution in [3.63, 3.8) is 0 Å². The van der Waals surface area contributed by atoms with E-state index in [1.807, 2.05) is 11.9 Å². The summed E-state index contributed by atoms with van der Waals surface area (Å²) in [6.07, 6.45) is 0. The predicted octanol–water partition coefficient (Wildman–Crippen LogP) is 3.25. The van der Waals surface area contributed by atoms with E-state index in [0.29, 0.717) is 17.8 Å².